The molecule has 1 N–H and O–H groups in total. The number of ether oxygens (including phenoxy) is 2. The van der Waals surface area contributed by atoms with Gasteiger partial charge >= 0.3 is 0 Å². The average Bonchev–Trinajstić information content (AvgIpc) is 3.53. The number of benzene rings is 1. The number of rotatable bonds is 8. The summed E-state index contributed by atoms with van der Waals surface area (Å²) in [7, 11) is 1.71. The first kappa shape index (κ1) is 22.4. The summed E-state index contributed by atoms with van der Waals surface area (Å²) in [6.07, 6.45) is 3.79. The SMILES string of the molecule is CCc1nncn1CCNC(=NCC1CCOC1)N1CCN(c2cccc(OC)c2)CC1. The van der Waals surface area contributed by atoms with Crippen molar-refractivity contribution in [2.45, 2.75) is 26.3 Å². The molecular weight excluding hydrogens is 406 g/mol. The van der Waals surface area contributed by atoms with Crippen molar-refractivity contribution in [2.75, 3.05) is 64.5 Å². The highest BCUT2D eigenvalue weighted by atomic mass is 16.5. The molecule has 0 radical (unpaired) electrons. The molecule has 174 valence electrons. The summed E-state index contributed by atoms with van der Waals surface area (Å²) in [6.45, 7) is 9.96. The van der Waals surface area contributed by atoms with E-state index in [2.05, 4.69) is 48.9 Å². The van der Waals surface area contributed by atoms with Crippen LogP contribution in [-0.2, 0) is 17.7 Å². The highest BCUT2D eigenvalue weighted by molar-refractivity contribution is 5.80. The van der Waals surface area contributed by atoms with Crippen molar-refractivity contribution in [2.24, 2.45) is 10.9 Å². The van der Waals surface area contributed by atoms with E-state index in [9.17, 15) is 0 Å². The molecule has 2 fully saturated rings. The maximum atomic E-state index is 5.54. The van der Waals surface area contributed by atoms with E-state index in [4.69, 9.17) is 14.5 Å². The highest BCUT2D eigenvalue weighted by Crippen LogP contribution is 2.22. The number of hydrogen-bond acceptors (Lipinski definition) is 6. The average molecular weight is 442 g/mol. The van der Waals surface area contributed by atoms with Gasteiger partial charge in [0.2, 0.25) is 0 Å². The Hall–Kier alpha value is -2.81. The maximum Gasteiger partial charge on any atom is 0.194 e. The molecule has 3 heterocycles. The lowest BCUT2D eigenvalue weighted by molar-refractivity contribution is 0.187. The molecule has 2 saturated heterocycles. The fraction of sp³-hybridized carbons (Fsp3) is 0.609. The van der Waals surface area contributed by atoms with Crippen LogP contribution >= 0.6 is 0 Å². The fourth-order valence-corrected chi connectivity index (χ4v) is 4.22. The van der Waals surface area contributed by atoms with Crippen LogP contribution in [-0.4, -0.2) is 85.2 Å². The van der Waals surface area contributed by atoms with Crippen LogP contribution in [0.3, 0.4) is 0 Å². The van der Waals surface area contributed by atoms with E-state index in [0.717, 1.165) is 89.4 Å². The predicted molar refractivity (Wildman–Crippen MR) is 125 cm³/mol. The second kappa shape index (κ2) is 11.2. The topological polar surface area (TPSA) is 80.0 Å². The number of hydrogen-bond donors (Lipinski definition) is 1. The van der Waals surface area contributed by atoms with Crippen LogP contribution in [0.15, 0.2) is 35.6 Å². The molecule has 1 unspecified atom stereocenters. The van der Waals surface area contributed by atoms with Crippen LogP contribution in [0, 0.1) is 5.92 Å². The molecule has 9 nitrogen and oxygen atoms in total. The van der Waals surface area contributed by atoms with Gasteiger partial charge in [0, 0.05) is 76.5 Å². The largest absolute Gasteiger partial charge is 0.497 e. The molecule has 0 aliphatic carbocycles. The third-order valence-electron chi connectivity index (χ3n) is 6.17. The summed E-state index contributed by atoms with van der Waals surface area (Å²) in [6, 6.07) is 8.29. The second-order valence-corrected chi connectivity index (χ2v) is 8.29. The lowest BCUT2D eigenvalue weighted by Crippen LogP contribution is -2.53. The zero-order valence-electron chi connectivity index (χ0n) is 19.2. The maximum absolute atomic E-state index is 5.54. The number of nitrogens with one attached hydrogen (secondary N) is 1. The van der Waals surface area contributed by atoms with E-state index in [1.807, 2.05) is 12.1 Å². The molecule has 1 aromatic heterocycles. The first-order chi connectivity index (χ1) is 15.8. The smallest absolute Gasteiger partial charge is 0.194 e. The van der Waals surface area contributed by atoms with Gasteiger partial charge < -0.3 is 29.2 Å². The first-order valence-electron chi connectivity index (χ1n) is 11.6. The summed E-state index contributed by atoms with van der Waals surface area (Å²) in [5.74, 6) is 3.43. The van der Waals surface area contributed by atoms with E-state index in [0.29, 0.717) is 5.92 Å². The third-order valence-corrected chi connectivity index (χ3v) is 6.17. The second-order valence-electron chi connectivity index (χ2n) is 8.29. The molecule has 0 bridgehead atoms. The van der Waals surface area contributed by atoms with Gasteiger partial charge in [-0.1, -0.05) is 13.0 Å². The first-order valence-corrected chi connectivity index (χ1v) is 11.6. The van der Waals surface area contributed by atoms with Crippen molar-refractivity contribution < 1.29 is 9.47 Å². The van der Waals surface area contributed by atoms with Gasteiger partial charge in [-0.3, -0.25) is 4.99 Å². The lowest BCUT2D eigenvalue weighted by atomic mass is 10.1. The fourth-order valence-electron chi connectivity index (χ4n) is 4.22. The molecular formula is C23H35N7O2. The van der Waals surface area contributed by atoms with Gasteiger partial charge in [0.25, 0.3) is 0 Å². The zero-order valence-corrected chi connectivity index (χ0v) is 19.2. The van der Waals surface area contributed by atoms with E-state index in [1.165, 1.54) is 5.69 Å². The quantitative estimate of drug-likeness (QED) is 0.493. The third kappa shape index (κ3) is 5.70. The Balaban J connectivity index is 1.36. The summed E-state index contributed by atoms with van der Waals surface area (Å²) >= 11 is 0. The summed E-state index contributed by atoms with van der Waals surface area (Å²) < 4.78 is 13.0. The number of aliphatic imine (C=N–C) groups is 1. The number of aryl methyl sites for hydroxylation is 1. The van der Waals surface area contributed by atoms with Gasteiger partial charge in [0.15, 0.2) is 5.96 Å². The number of methoxy groups -OCH3 is 1. The summed E-state index contributed by atoms with van der Waals surface area (Å²) in [5, 5.41) is 11.8. The van der Waals surface area contributed by atoms with Crippen LogP contribution in [0.5, 0.6) is 5.75 Å². The van der Waals surface area contributed by atoms with Crippen molar-refractivity contribution in [1.82, 2.24) is 25.0 Å². The normalized spacial score (nSPS) is 19.4. The van der Waals surface area contributed by atoms with Gasteiger partial charge in [0.05, 0.1) is 13.7 Å². The number of anilines is 1. The van der Waals surface area contributed by atoms with Crippen LogP contribution in [0.2, 0.25) is 0 Å². The minimum absolute atomic E-state index is 0.523. The Morgan fingerprint density at radius 1 is 1.28 bits per heavy atom. The van der Waals surface area contributed by atoms with Crippen LogP contribution in [0.25, 0.3) is 0 Å². The Morgan fingerprint density at radius 3 is 2.91 bits per heavy atom. The predicted octanol–water partition coefficient (Wildman–Crippen LogP) is 1.65. The highest BCUT2D eigenvalue weighted by Gasteiger charge is 2.22. The van der Waals surface area contributed by atoms with Gasteiger partial charge in [-0.25, -0.2) is 0 Å². The van der Waals surface area contributed by atoms with Crippen molar-refractivity contribution in [3.63, 3.8) is 0 Å². The van der Waals surface area contributed by atoms with E-state index >= 15 is 0 Å². The number of nitrogens with zero attached hydrogens (tertiary/aromatic N) is 6. The van der Waals surface area contributed by atoms with Crippen molar-refractivity contribution in [1.29, 1.82) is 0 Å². The molecule has 2 aliphatic heterocycles. The van der Waals surface area contributed by atoms with E-state index in [-0.39, 0.29) is 0 Å². The van der Waals surface area contributed by atoms with Crippen LogP contribution in [0.1, 0.15) is 19.2 Å². The molecule has 0 amide bonds. The van der Waals surface area contributed by atoms with E-state index < -0.39 is 0 Å². The molecule has 32 heavy (non-hydrogen) atoms. The molecule has 1 atom stereocenters. The van der Waals surface area contributed by atoms with Gasteiger partial charge in [-0.2, -0.15) is 0 Å². The van der Waals surface area contributed by atoms with Crippen molar-refractivity contribution in [3.05, 3.63) is 36.4 Å². The molecule has 4 rings (SSSR count). The van der Waals surface area contributed by atoms with Gasteiger partial charge in [0.1, 0.15) is 17.9 Å². The molecule has 9 heteroatoms. The number of guanidine groups is 1. The van der Waals surface area contributed by atoms with E-state index in [1.54, 1.807) is 13.4 Å². The molecule has 2 aliphatic rings. The molecule has 0 saturated carbocycles. The summed E-state index contributed by atoms with van der Waals surface area (Å²) in [4.78, 5) is 9.77. The number of piperazine rings is 1. The molecule has 1 aromatic carbocycles. The van der Waals surface area contributed by atoms with Crippen LogP contribution < -0.4 is 15.0 Å². The lowest BCUT2D eigenvalue weighted by Gasteiger charge is -2.38. The van der Waals surface area contributed by atoms with Crippen LogP contribution in [0.4, 0.5) is 5.69 Å². The minimum Gasteiger partial charge on any atom is -0.497 e. The number of aromatic nitrogens is 3. The molecule has 2 aromatic rings. The minimum atomic E-state index is 0.523. The Labute approximate surface area is 190 Å². The monoisotopic (exact) mass is 441 g/mol. The Kier molecular flexibility index (Phi) is 7.82. The Bertz CT molecular complexity index is 871. The van der Waals surface area contributed by atoms with Crippen molar-refractivity contribution >= 4 is 11.6 Å². The summed E-state index contributed by atoms with van der Waals surface area (Å²) in [5.41, 5.74) is 1.21. The zero-order chi connectivity index (χ0) is 22.2. The standard InChI is InChI=1S/C23H35N7O2/c1-3-22-27-26-18-30(22)9-8-24-23(25-16-19-7-14-32-17-19)29-12-10-28(11-13-29)20-5-4-6-21(15-20)31-2/h4-6,15,18-19H,3,7-14,16-17H2,1-2H3,(H,24,25). The van der Waals surface area contributed by atoms with Crippen molar-refractivity contribution in [3.8, 4) is 5.75 Å². The van der Waals surface area contributed by atoms with Gasteiger partial charge in [-0.15, -0.1) is 10.2 Å². The van der Waals surface area contributed by atoms with Gasteiger partial charge in [-0.05, 0) is 18.6 Å². The Morgan fingerprint density at radius 2 is 2.16 bits per heavy atom. The molecule has 0 spiro atoms.